The van der Waals surface area contributed by atoms with Crippen LogP contribution in [0.2, 0.25) is 0 Å². The Balaban J connectivity index is 1.48. The predicted octanol–water partition coefficient (Wildman–Crippen LogP) is 4.81. The van der Waals surface area contributed by atoms with Crippen LogP contribution < -0.4 is 9.46 Å². The van der Waals surface area contributed by atoms with Crippen molar-refractivity contribution in [3.05, 3.63) is 60.3 Å². The summed E-state index contributed by atoms with van der Waals surface area (Å²) < 4.78 is 40.0. The lowest BCUT2D eigenvalue weighted by atomic mass is 10.0. The van der Waals surface area contributed by atoms with E-state index < -0.39 is 11.6 Å². The molecule has 29 heavy (non-hydrogen) atoms. The van der Waals surface area contributed by atoms with E-state index in [9.17, 15) is 8.78 Å². The third-order valence-electron chi connectivity index (χ3n) is 5.02. The Morgan fingerprint density at radius 1 is 1.17 bits per heavy atom. The van der Waals surface area contributed by atoms with Crippen LogP contribution in [-0.4, -0.2) is 25.9 Å². The molecule has 6 nitrogen and oxygen atoms in total. The normalized spacial score (nSPS) is 18.7. The van der Waals surface area contributed by atoms with E-state index in [0.29, 0.717) is 5.82 Å². The first kappa shape index (κ1) is 19.6. The van der Waals surface area contributed by atoms with Crippen LogP contribution in [0.3, 0.4) is 0 Å². The zero-order valence-electron chi connectivity index (χ0n) is 15.9. The minimum Gasteiger partial charge on any atom is -0.487 e. The van der Waals surface area contributed by atoms with Gasteiger partial charge in [-0.25, -0.2) is 14.4 Å². The van der Waals surface area contributed by atoms with Gasteiger partial charge in [-0.3, -0.25) is 4.68 Å². The summed E-state index contributed by atoms with van der Waals surface area (Å²) in [4.78, 5) is 7.92. The van der Waals surface area contributed by atoms with Gasteiger partial charge in [-0.2, -0.15) is 9.49 Å². The van der Waals surface area contributed by atoms with Gasteiger partial charge < -0.3 is 9.46 Å². The lowest BCUT2D eigenvalue weighted by molar-refractivity contribution is 0.176. The summed E-state index contributed by atoms with van der Waals surface area (Å²) in [5.74, 6) is -1.36. The van der Waals surface area contributed by atoms with Crippen LogP contribution in [0.15, 0.2) is 47.9 Å². The fourth-order valence-corrected chi connectivity index (χ4v) is 4.28. The summed E-state index contributed by atoms with van der Waals surface area (Å²) in [5.41, 5.74) is 1.08. The molecular formula is C20H21F2N5OS. The molecule has 0 amide bonds. The van der Waals surface area contributed by atoms with E-state index >= 15 is 0 Å². The Hall–Kier alpha value is -2.68. The fourth-order valence-electron chi connectivity index (χ4n) is 3.63. The first-order valence-electron chi connectivity index (χ1n) is 9.52. The van der Waals surface area contributed by atoms with Crippen LogP contribution in [-0.2, 0) is 6.54 Å². The van der Waals surface area contributed by atoms with Gasteiger partial charge in [-0.05, 0) is 62.4 Å². The molecule has 1 N–H and O–H groups in total. The molecule has 1 fully saturated rings. The van der Waals surface area contributed by atoms with Crippen molar-refractivity contribution in [1.29, 1.82) is 0 Å². The first-order chi connectivity index (χ1) is 14.2. The van der Waals surface area contributed by atoms with Crippen molar-refractivity contribution < 1.29 is 13.5 Å². The Bertz CT molecular complexity index is 969. The summed E-state index contributed by atoms with van der Waals surface area (Å²) >= 11 is 0.947. The third-order valence-corrected chi connectivity index (χ3v) is 5.87. The van der Waals surface area contributed by atoms with Crippen LogP contribution in [0.25, 0.3) is 0 Å². The smallest absolute Gasteiger partial charge is 0.201 e. The minimum atomic E-state index is -0.978. The molecular weight excluding hydrogens is 396 g/mol. The maximum absolute atomic E-state index is 14.7. The maximum Gasteiger partial charge on any atom is 0.201 e. The number of aromatic nitrogens is 4. The van der Waals surface area contributed by atoms with Gasteiger partial charge in [0.15, 0.2) is 11.6 Å². The molecule has 0 bridgehead atoms. The molecule has 0 aliphatic heterocycles. The summed E-state index contributed by atoms with van der Waals surface area (Å²) in [6, 6.07) is 6.60. The van der Waals surface area contributed by atoms with Gasteiger partial charge in [0.2, 0.25) is 5.82 Å². The summed E-state index contributed by atoms with van der Waals surface area (Å²) in [6.07, 6.45) is 7.22. The molecule has 3 aromatic rings. The number of nitrogens with zero attached hydrogens (tertiary/aromatic N) is 4. The second kappa shape index (κ2) is 8.77. The fraction of sp³-hybridized carbons (Fsp3) is 0.350. The lowest BCUT2D eigenvalue weighted by Crippen LogP contribution is -2.23. The van der Waals surface area contributed by atoms with Gasteiger partial charge in [-0.15, -0.1) is 0 Å². The van der Waals surface area contributed by atoms with E-state index in [1.807, 2.05) is 17.7 Å². The number of aryl methyl sites for hydroxylation is 1. The number of benzene rings is 1. The van der Waals surface area contributed by atoms with Gasteiger partial charge in [0.25, 0.3) is 0 Å². The average Bonchev–Trinajstić information content (AvgIpc) is 3.40. The van der Waals surface area contributed by atoms with Crippen molar-refractivity contribution in [1.82, 2.24) is 19.7 Å². The van der Waals surface area contributed by atoms with Gasteiger partial charge >= 0.3 is 0 Å². The largest absolute Gasteiger partial charge is 0.487 e. The molecule has 1 aromatic carbocycles. The molecule has 2 atom stereocenters. The minimum absolute atomic E-state index is 0.0617. The van der Waals surface area contributed by atoms with E-state index in [-0.39, 0.29) is 22.7 Å². The number of hydrogen-bond acceptors (Lipinski definition) is 6. The average molecular weight is 417 g/mol. The Kier molecular flexibility index (Phi) is 5.94. The Labute approximate surface area is 171 Å². The van der Waals surface area contributed by atoms with Gasteiger partial charge in [0.1, 0.15) is 18.2 Å². The van der Waals surface area contributed by atoms with Crippen molar-refractivity contribution in [2.75, 3.05) is 4.72 Å². The number of hydrogen-bond donors (Lipinski definition) is 1. The molecule has 0 radical (unpaired) electrons. The molecule has 4 rings (SSSR count). The second-order valence-corrected chi connectivity index (χ2v) is 7.60. The topological polar surface area (TPSA) is 64.9 Å². The summed E-state index contributed by atoms with van der Waals surface area (Å²) in [7, 11) is 0. The highest BCUT2D eigenvalue weighted by Crippen LogP contribution is 2.39. The zero-order valence-corrected chi connectivity index (χ0v) is 16.7. The highest BCUT2D eigenvalue weighted by atomic mass is 32.2. The standard InChI is InChI=1S/C20H21F2N5OS/c1-2-27-14(8-11-25-27)13-4-3-5-15(13)28-16-6-7-17(20(22)19(16)21)29-26-18-9-10-23-12-24-18/h6-13,15H,2-5H2,1H3,(H,23,24,26)/t13-,15?/m0/s1. The van der Waals surface area contributed by atoms with Gasteiger partial charge in [0, 0.05) is 30.6 Å². The van der Waals surface area contributed by atoms with E-state index in [0.717, 1.165) is 43.4 Å². The van der Waals surface area contributed by atoms with Gasteiger partial charge in [-0.1, -0.05) is 0 Å². The SMILES string of the molecule is CCn1nccc1[C@@H]1CCCC1Oc1ccc(SNc2ccncn2)c(F)c1F. The van der Waals surface area contributed by atoms with Crippen molar-refractivity contribution in [2.45, 2.75) is 49.6 Å². The van der Waals surface area contributed by atoms with E-state index in [1.54, 1.807) is 18.5 Å². The molecule has 2 aromatic heterocycles. The lowest BCUT2D eigenvalue weighted by Gasteiger charge is -2.22. The van der Waals surface area contributed by atoms with E-state index in [4.69, 9.17) is 4.74 Å². The molecule has 1 aliphatic rings. The van der Waals surface area contributed by atoms with Crippen LogP contribution >= 0.6 is 11.9 Å². The molecule has 2 heterocycles. The second-order valence-electron chi connectivity index (χ2n) is 6.75. The van der Waals surface area contributed by atoms with Crippen LogP contribution in [0.1, 0.15) is 37.8 Å². The van der Waals surface area contributed by atoms with Crippen molar-refractivity contribution in [3.8, 4) is 5.75 Å². The molecule has 1 unspecified atom stereocenters. The monoisotopic (exact) mass is 417 g/mol. The number of ether oxygens (including phenoxy) is 1. The predicted molar refractivity (Wildman–Crippen MR) is 107 cm³/mol. The number of nitrogens with one attached hydrogen (secondary N) is 1. The van der Waals surface area contributed by atoms with Gasteiger partial charge in [0.05, 0.1) is 4.90 Å². The summed E-state index contributed by atoms with van der Waals surface area (Å²) in [5, 5.41) is 4.32. The number of rotatable bonds is 7. The maximum atomic E-state index is 14.7. The Morgan fingerprint density at radius 3 is 2.86 bits per heavy atom. The van der Waals surface area contributed by atoms with Crippen LogP contribution in [0, 0.1) is 11.6 Å². The summed E-state index contributed by atoms with van der Waals surface area (Å²) in [6.45, 7) is 2.79. The van der Waals surface area contributed by atoms with E-state index in [1.165, 1.54) is 18.5 Å². The van der Waals surface area contributed by atoms with Crippen LogP contribution in [0.4, 0.5) is 14.6 Å². The van der Waals surface area contributed by atoms with Crippen molar-refractivity contribution >= 4 is 17.8 Å². The van der Waals surface area contributed by atoms with Crippen LogP contribution in [0.5, 0.6) is 5.75 Å². The quantitative estimate of drug-likeness (QED) is 0.557. The molecule has 1 saturated carbocycles. The number of anilines is 1. The van der Waals surface area contributed by atoms with Crippen molar-refractivity contribution in [3.63, 3.8) is 0 Å². The zero-order chi connectivity index (χ0) is 20.2. The highest BCUT2D eigenvalue weighted by Gasteiger charge is 2.33. The molecule has 152 valence electrons. The highest BCUT2D eigenvalue weighted by molar-refractivity contribution is 8.00. The van der Waals surface area contributed by atoms with Crippen molar-refractivity contribution in [2.24, 2.45) is 0 Å². The number of halogens is 2. The molecule has 0 spiro atoms. The Morgan fingerprint density at radius 2 is 2.07 bits per heavy atom. The molecule has 0 saturated heterocycles. The third kappa shape index (κ3) is 4.19. The molecule has 9 heteroatoms. The van der Waals surface area contributed by atoms with E-state index in [2.05, 4.69) is 19.8 Å². The first-order valence-corrected chi connectivity index (χ1v) is 10.3. The molecule has 1 aliphatic carbocycles.